The van der Waals surface area contributed by atoms with Gasteiger partial charge in [-0.2, -0.15) is 10.2 Å². The standard InChI is InChI=1S/C25H26FN5/c1-25(2)14-23(27-16-18-6-3-8-20(12-18)30-11-5-10-28-30)22-17-29-31(24(22)15-25)21-9-4-7-19(26)13-21/h3-13,17,23,27H,14-16H2,1-2H3. The smallest absolute Gasteiger partial charge is 0.125 e. The third kappa shape index (κ3) is 4.03. The first-order chi connectivity index (χ1) is 15.0. The van der Waals surface area contributed by atoms with Crippen LogP contribution in [0.4, 0.5) is 4.39 Å². The first-order valence-electron chi connectivity index (χ1n) is 10.6. The van der Waals surface area contributed by atoms with E-state index >= 15 is 0 Å². The molecule has 0 saturated carbocycles. The Balaban J connectivity index is 1.41. The van der Waals surface area contributed by atoms with Gasteiger partial charge in [0.1, 0.15) is 5.82 Å². The number of nitrogens with one attached hydrogen (secondary N) is 1. The predicted octanol–water partition coefficient (Wildman–Crippen LogP) is 5.00. The van der Waals surface area contributed by atoms with Gasteiger partial charge in [0, 0.05) is 36.2 Å². The molecule has 0 fully saturated rings. The van der Waals surface area contributed by atoms with Gasteiger partial charge in [-0.15, -0.1) is 0 Å². The minimum Gasteiger partial charge on any atom is -0.306 e. The number of hydrogen-bond donors (Lipinski definition) is 1. The number of fused-ring (bicyclic) bond motifs is 1. The second-order valence-corrected chi connectivity index (χ2v) is 9.04. The van der Waals surface area contributed by atoms with E-state index in [0.717, 1.165) is 36.5 Å². The molecule has 1 aliphatic carbocycles. The van der Waals surface area contributed by atoms with Gasteiger partial charge in [-0.1, -0.05) is 32.0 Å². The molecule has 0 bridgehead atoms. The third-order valence-electron chi connectivity index (χ3n) is 5.96. The minimum atomic E-state index is -0.247. The molecule has 31 heavy (non-hydrogen) atoms. The lowest BCUT2D eigenvalue weighted by molar-refractivity contribution is 0.253. The summed E-state index contributed by atoms with van der Waals surface area (Å²) in [5.41, 5.74) is 5.50. The highest BCUT2D eigenvalue weighted by molar-refractivity contribution is 5.39. The van der Waals surface area contributed by atoms with E-state index in [2.05, 4.69) is 53.6 Å². The minimum absolute atomic E-state index is 0.118. The topological polar surface area (TPSA) is 47.7 Å². The van der Waals surface area contributed by atoms with Crippen molar-refractivity contribution in [1.29, 1.82) is 0 Å². The highest BCUT2D eigenvalue weighted by Crippen LogP contribution is 2.41. The van der Waals surface area contributed by atoms with Crippen molar-refractivity contribution in [1.82, 2.24) is 24.9 Å². The molecule has 0 spiro atoms. The molecule has 158 valence electrons. The van der Waals surface area contributed by atoms with Gasteiger partial charge >= 0.3 is 0 Å². The maximum Gasteiger partial charge on any atom is 0.125 e. The summed E-state index contributed by atoms with van der Waals surface area (Å²) in [6.07, 6.45) is 7.60. The van der Waals surface area contributed by atoms with Crippen molar-refractivity contribution in [2.75, 3.05) is 0 Å². The number of hydrogen-bond acceptors (Lipinski definition) is 3. The Labute approximate surface area is 181 Å². The molecular formula is C25H26FN5. The highest BCUT2D eigenvalue weighted by atomic mass is 19.1. The van der Waals surface area contributed by atoms with Crippen molar-refractivity contribution < 1.29 is 4.39 Å². The molecule has 5 nitrogen and oxygen atoms in total. The first-order valence-corrected chi connectivity index (χ1v) is 10.6. The SMILES string of the molecule is CC1(C)Cc2c(cnn2-c2cccc(F)c2)C(NCc2cccc(-n3cccn3)c2)C1. The summed E-state index contributed by atoms with van der Waals surface area (Å²) < 4.78 is 17.6. The van der Waals surface area contributed by atoms with Crippen LogP contribution in [0, 0.1) is 11.2 Å². The molecule has 1 atom stereocenters. The van der Waals surface area contributed by atoms with Gasteiger partial charge < -0.3 is 5.32 Å². The van der Waals surface area contributed by atoms with E-state index < -0.39 is 0 Å². The Morgan fingerprint density at radius 2 is 1.90 bits per heavy atom. The molecule has 1 aliphatic rings. The molecule has 0 aliphatic heterocycles. The molecule has 2 heterocycles. The van der Waals surface area contributed by atoms with E-state index in [0.29, 0.717) is 0 Å². The Bertz CT molecular complexity index is 1190. The lowest BCUT2D eigenvalue weighted by atomic mass is 9.74. The van der Waals surface area contributed by atoms with Crippen LogP contribution in [0.1, 0.15) is 43.1 Å². The van der Waals surface area contributed by atoms with Crippen LogP contribution in [0.3, 0.4) is 0 Å². The molecule has 0 radical (unpaired) electrons. The number of nitrogens with zero attached hydrogens (tertiary/aromatic N) is 4. The summed E-state index contributed by atoms with van der Waals surface area (Å²) in [6.45, 7) is 5.32. The number of rotatable bonds is 5. The van der Waals surface area contributed by atoms with Gasteiger partial charge in [-0.05, 0) is 60.2 Å². The summed E-state index contributed by atoms with van der Waals surface area (Å²) in [7, 11) is 0. The molecule has 5 rings (SSSR count). The number of halogens is 1. The van der Waals surface area contributed by atoms with Gasteiger partial charge in [0.2, 0.25) is 0 Å². The lowest BCUT2D eigenvalue weighted by Gasteiger charge is -2.36. The maximum atomic E-state index is 13.8. The largest absolute Gasteiger partial charge is 0.306 e. The molecule has 2 aromatic heterocycles. The Kier molecular flexibility index (Phi) is 4.94. The quantitative estimate of drug-likeness (QED) is 0.499. The normalized spacial score (nSPS) is 17.5. The Morgan fingerprint density at radius 1 is 1.06 bits per heavy atom. The van der Waals surface area contributed by atoms with Gasteiger partial charge in [0.15, 0.2) is 0 Å². The van der Waals surface area contributed by atoms with Crippen LogP contribution in [0.5, 0.6) is 0 Å². The van der Waals surface area contributed by atoms with E-state index in [-0.39, 0.29) is 17.3 Å². The maximum absolute atomic E-state index is 13.8. The Hall–Kier alpha value is -3.25. The van der Waals surface area contributed by atoms with Crippen molar-refractivity contribution in [3.05, 3.63) is 95.8 Å². The summed E-state index contributed by atoms with van der Waals surface area (Å²) in [5, 5.41) is 12.7. The number of aromatic nitrogens is 4. The van der Waals surface area contributed by atoms with Gasteiger partial charge in [-0.25, -0.2) is 13.8 Å². The molecule has 4 aromatic rings. The molecule has 2 aromatic carbocycles. The van der Waals surface area contributed by atoms with Crippen molar-refractivity contribution in [3.8, 4) is 11.4 Å². The van der Waals surface area contributed by atoms with Crippen LogP contribution in [0.2, 0.25) is 0 Å². The average molecular weight is 416 g/mol. The fourth-order valence-corrected chi connectivity index (χ4v) is 4.53. The monoisotopic (exact) mass is 415 g/mol. The van der Waals surface area contributed by atoms with E-state index in [1.807, 2.05) is 33.9 Å². The van der Waals surface area contributed by atoms with Crippen molar-refractivity contribution >= 4 is 0 Å². The lowest BCUT2D eigenvalue weighted by Crippen LogP contribution is -2.33. The fraction of sp³-hybridized carbons (Fsp3) is 0.280. The zero-order valence-corrected chi connectivity index (χ0v) is 17.8. The molecular weight excluding hydrogens is 389 g/mol. The van der Waals surface area contributed by atoms with Crippen LogP contribution in [0.15, 0.2) is 73.2 Å². The zero-order valence-electron chi connectivity index (χ0n) is 17.8. The van der Waals surface area contributed by atoms with Crippen LogP contribution >= 0.6 is 0 Å². The molecule has 1 N–H and O–H groups in total. The van der Waals surface area contributed by atoms with Gasteiger partial charge in [0.05, 0.1) is 17.6 Å². The number of benzene rings is 2. The summed E-state index contributed by atoms with van der Waals surface area (Å²) in [4.78, 5) is 0. The average Bonchev–Trinajstić information content (AvgIpc) is 3.42. The predicted molar refractivity (Wildman–Crippen MR) is 119 cm³/mol. The van der Waals surface area contributed by atoms with Gasteiger partial charge in [-0.3, -0.25) is 0 Å². The fourth-order valence-electron chi connectivity index (χ4n) is 4.53. The molecule has 0 amide bonds. The summed E-state index contributed by atoms with van der Waals surface area (Å²) in [6, 6.07) is 17.2. The van der Waals surface area contributed by atoms with Crippen LogP contribution in [0.25, 0.3) is 11.4 Å². The van der Waals surface area contributed by atoms with Crippen LogP contribution < -0.4 is 5.32 Å². The second-order valence-electron chi connectivity index (χ2n) is 9.04. The van der Waals surface area contributed by atoms with E-state index in [1.165, 1.54) is 23.3 Å². The van der Waals surface area contributed by atoms with Crippen molar-refractivity contribution in [2.24, 2.45) is 5.41 Å². The third-order valence-corrected chi connectivity index (χ3v) is 5.96. The van der Waals surface area contributed by atoms with Crippen molar-refractivity contribution in [2.45, 2.75) is 39.3 Å². The molecule has 0 saturated heterocycles. The second kappa shape index (κ2) is 7.78. The van der Waals surface area contributed by atoms with E-state index in [1.54, 1.807) is 12.3 Å². The summed E-state index contributed by atoms with van der Waals surface area (Å²) >= 11 is 0. The highest BCUT2D eigenvalue weighted by Gasteiger charge is 2.35. The zero-order chi connectivity index (χ0) is 21.4. The van der Waals surface area contributed by atoms with E-state index in [9.17, 15) is 4.39 Å². The summed E-state index contributed by atoms with van der Waals surface area (Å²) in [5.74, 6) is -0.247. The molecule has 1 unspecified atom stereocenters. The van der Waals surface area contributed by atoms with Crippen LogP contribution in [-0.2, 0) is 13.0 Å². The van der Waals surface area contributed by atoms with Gasteiger partial charge in [0.25, 0.3) is 0 Å². The Morgan fingerprint density at radius 3 is 2.71 bits per heavy atom. The van der Waals surface area contributed by atoms with Crippen LogP contribution in [-0.4, -0.2) is 19.6 Å². The van der Waals surface area contributed by atoms with E-state index in [4.69, 9.17) is 0 Å². The molecule has 6 heteroatoms. The first kappa shape index (κ1) is 19.7. The van der Waals surface area contributed by atoms with Crippen molar-refractivity contribution in [3.63, 3.8) is 0 Å².